The lowest BCUT2D eigenvalue weighted by molar-refractivity contribution is 0.0783. The molecule has 7 heteroatoms. The molecule has 7 nitrogen and oxygen atoms in total. The van der Waals surface area contributed by atoms with Crippen LogP contribution in [0.5, 0.6) is 5.88 Å². The maximum atomic E-state index is 13.5. The fraction of sp³-hybridized carbons (Fsp3) is 0.357. The Morgan fingerprint density at radius 1 is 1.23 bits per heavy atom. The summed E-state index contributed by atoms with van der Waals surface area (Å²) in [4.78, 5) is 32.4. The topological polar surface area (TPSA) is 99.2 Å². The Morgan fingerprint density at radius 2 is 2.00 bits per heavy atom. The van der Waals surface area contributed by atoms with Crippen LogP contribution in [0.1, 0.15) is 77.9 Å². The first kappa shape index (κ1) is 24.2. The van der Waals surface area contributed by atoms with E-state index in [4.69, 9.17) is 0 Å². The average molecular weight is 471 g/mol. The van der Waals surface area contributed by atoms with Gasteiger partial charge >= 0.3 is 0 Å². The number of hydrogen-bond donors (Lipinski definition) is 1. The Morgan fingerprint density at radius 3 is 2.71 bits per heavy atom. The Kier molecular flexibility index (Phi) is 7.31. The molecular formula is C28H30N4O3. The highest BCUT2D eigenvalue weighted by molar-refractivity contribution is 5.96. The molecule has 1 aliphatic heterocycles. The second-order valence-electron chi connectivity index (χ2n) is 9.07. The largest absolute Gasteiger partial charge is 0.494 e. The van der Waals surface area contributed by atoms with Gasteiger partial charge in [0.05, 0.1) is 17.7 Å². The van der Waals surface area contributed by atoms with Crippen LogP contribution < -0.4 is 5.56 Å². The van der Waals surface area contributed by atoms with E-state index in [1.807, 2.05) is 50.2 Å². The van der Waals surface area contributed by atoms with E-state index in [0.29, 0.717) is 30.9 Å². The van der Waals surface area contributed by atoms with E-state index in [1.54, 1.807) is 27.7 Å². The average Bonchev–Trinajstić information content (AvgIpc) is 3.38. The molecule has 1 aromatic heterocycles. The van der Waals surface area contributed by atoms with Crippen LogP contribution in [0, 0.1) is 11.3 Å². The molecule has 3 aromatic rings. The number of nitrogens with zero attached hydrogens (tertiary/aromatic N) is 4. The van der Waals surface area contributed by atoms with Crippen molar-refractivity contribution >= 4 is 5.91 Å². The van der Waals surface area contributed by atoms with Crippen LogP contribution in [0.15, 0.2) is 59.4 Å². The maximum absolute atomic E-state index is 13.5. The third-order valence-corrected chi connectivity index (χ3v) is 6.77. The van der Waals surface area contributed by atoms with Crippen LogP contribution >= 0.6 is 0 Å². The summed E-state index contributed by atoms with van der Waals surface area (Å²) in [5, 5.41) is 20.6. The highest BCUT2D eigenvalue weighted by Crippen LogP contribution is 2.31. The lowest BCUT2D eigenvalue weighted by Gasteiger charge is -2.24. The molecule has 1 aliphatic rings. The van der Waals surface area contributed by atoms with Gasteiger partial charge in [0.2, 0.25) is 5.88 Å². The van der Waals surface area contributed by atoms with Crippen molar-refractivity contribution in [1.29, 1.82) is 5.26 Å². The molecule has 2 heterocycles. The quantitative estimate of drug-likeness (QED) is 0.552. The molecule has 1 amide bonds. The van der Waals surface area contributed by atoms with Gasteiger partial charge in [-0.1, -0.05) is 55.8 Å². The first-order valence-electron chi connectivity index (χ1n) is 12.1. The zero-order valence-electron chi connectivity index (χ0n) is 20.1. The van der Waals surface area contributed by atoms with Gasteiger partial charge < -0.3 is 10.0 Å². The second-order valence-corrected chi connectivity index (χ2v) is 9.07. The van der Waals surface area contributed by atoms with Crippen molar-refractivity contribution in [3.8, 4) is 11.9 Å². The third kappa shape index (κ3) is 4.97. The smallest absolute Gasteiger partial charge is 0.289 e. The van der Waals surface area contributed by atoms with Gasteiger partial charge in [0.1, 0.15) is 5.82 Å². The number of unbranched alkanes of at least 4 members (excludes halogenated alkanes) is 1. The third-order valence-electron chi connectivity index (χ3n) is 6.77. The molecule has 4 rings (SSSR count). The highest BCUT2D eigenvalue weighted by atomic mass is 16.3. The Bertz CT molecular complexity index is 1310. The van der Waals surface area contributed by atoms with E-state index in [2.05, 4.69) is 11.1 Å². The number of carbonyl (C=O) groups excluding carboxylic acids is 1. The summed E-state index contributed by atoms with van der Waals surface area (Å²) in [5.41, 5.74) is 1.45. The van der Waals surface area contributed by atoms with Crippen molar-refractivity contribution in [2.24, 2.45) is 0 Å². The van der Waals surface area contributed by atoms with Gasteiger partial charge in [-0.05, 0) is 43.0 Å². The zero-order chi connectivity index (χ0) is 24.9. The van der Waals surface area contributed by atoms with Crippen molar-refractivity contribution < 1.29 is 9.90 Å². The number of likely N-dealkylation sites (tertiary alicyclic amines) is 1. The minimum absolute atomic E-state index is 0.189. The number of aromatic hydroxyl groups is 1. The van der Waals surface area contributed by atoms with Gasteiger partial charge in [-0.2, -0.15) is 10.2 Å². The number of carbonyl (C=O) groups is 1. The molecule has 1 N–H and O–H groups in total. The number of nitriles is 1. The summed E-state index contributed by atoms with van der Waals surface area (Å²) in [6, 6.07) is 18.8. The van der Waals surface area contributed by atoms with E-state index in [9.17, 15) is 20.0 Å². The molecule has 1 saturated heterocycles. The van der Waals surface area contributed by atoms with Crippen LogP contribution in [0.4, 0.5) is 0 Å². The number of aryl methyl sites for hydroxylation is 1. The van der Waals surface area contributed by atoms with Crippen LogP contribution in [0.2, 0.25) is 0 Å². The zero-order valence-corrected chi connectivity index (χ0v) is 20.1. The van der Waals surface area contributed by atoms with Crippen molar-refractivity contribution in [1.82, 2.24) is 14.5 Å². The maximum Gasteiger partial charge on any atom is 0.289 e. The summed E-state index contributed by atoms with van der Waals surface area (Å²) in [7, 11) is 0. The summed E-state index contributed by atoms with van der Waals surface area (Å²) >= 11 is 0. The number of benzene rings is 2. The van der Waals surface area contributed by atoms with Gasteiger partial charge in [0.25, 0.3) is 11.5 Å². The predicted molar refractivity (Wildman–Crippen MR) is 133 cm³/mol. The molecule has 0 saturated carbocycles. The molecule has 2 atom stereocenters. The van der Waals surface area contributed by atoms with E-state index in [-0.39, 0.29) is 17.4 Å². The minimum atomic E-state index is -0.698. The second kappa shape index (κ2) is 10.6. The molecule has 0 spiro atoms. The van der Waals surface area contributed by atoms with E-state index in [1.165, 1.54) is 0 Å². The minimum Gasteiger partial charge on any atom is -0.494 e. The molecule has 0 aliphatic carbocycles. The van der Waals surface area contributed by atoms with E-state index >= 15 is 0 Å². The van der Waals surface area contributed by atoms with Crippen molar-refractivity contribution in [2.75, 3.05) is 13.1 Å². The van der Waals surface area contributed by atoms with Gasteiger partial charge in [-0.15, -0.1) is 0 Å². The summed E-state index contributed by atoms with van der Waals surface area (Å²) in [6.07, 6.45) is 2.97. The Hall–Kier alpha value is -3.92. The van der Waals surface area contributed by atoms with Gasteiger partial charge in [0, 0.05) is 25.4 Å². The van der Waals surface area contributed by atoms with Crippen molar-refractivity contribution in [3.63, 3.8) is 0 Å². The summed E-state index contributed by atoms with van der Waals surface area (Å²) in [6.45, 7) is 4.90. The molecule has 0 radical (unpaired) electrons. The van der Waals surface area contributed by atoms with Crippen molar-refractivity contribution in [2.45, 2.75) is 51.5 Å². The number of hydrogen-bond acceptors (Lipinski definition) is 5. The van der Waals surface area contributed by atoms with Gasteiger partial charge in [-0.25, -0.2) is 0 Å². The number of rotatable bonds is 7. The van der Waals surface area contributed by atoms with Crippen LogP contribution in [-0.4, -0.2) is 38.6 Å². The standard InChI is InChI=1S/C28H30N4O3/c1-3-4-13-24-30-26(33)25(27(34)31-15-14-23(18-31)21-10-6-5-7-11-21)28(35)32(24)19(2)22-12-8-9-20(16-22)17-29/h5-12,16,19,23,35H,3-4,13-15,18H2,1-2H3/t19-,23-/m0/s1. The highest BCUT2D eigenvalue weighted by Gasteiger charge is 2.33. The van der Waals surface area contributed by atoms with E-state index < -0.39 is 17.5 Å². The lowest BCUT2D eigenvalue weighted by Crippen LogP contribution is -2.35. The monoisotopic (exact) mass is 470 g/mol. The normalized spacial score (nSPS) is 16.1. The van der Waals surface area contributed by atoms with Crippen molar-refractivity contribution in [3.05, 3.63) is 93.0 Å². The van der Waals surface area contributed by atoms with Crippen LogP contribution in [0.25, 0.3) is 0 Å². The molecule has 0 bridgehead atoms. The molecule has 35 heavy (non-hydrogen) atoms. The lowest BCUT2D eigenvalue weighted by atomic mass is 9.99. The first-order valence-corrected chi connectivity index (χ1v) is 12.1. The number of aromatic nitrogens is 2. The predicted octanol–water partition coefficient (Wildman–Crippen LogP) is 4.40. The van der Waals surface area contributed by atoms with Crippen LogP contribution in [0.3, 0.4) is 0 Å². The Balaban J connectivity index is 1.72. The fourth-order valence-corrected chi connectivity index (χ4v) is 4.79. The van der Waals surface area contributed by atoms with Crippen LogP contribution in [-0.2, 0) is 6.42 Å². The summed E-state index contributed by atoms with van der Waals surface area (Å²) in [5.74, 6) is -0.232. The molecule has 2 aromatic carbocycles. The fourth-order valence-electron chi connectivity index (χ4n) is 4.79. The number of amides is 1. The first-order chi connectivity index (χ1) is 16.9. The SMILES string of the molecule is CCCCc1nc(=O)c(C(=O)N2CC[C@H](c3ccccc3)C2)c(O)n1[C@@H](C)c1cccc(C#N)c1. The molecule has 0 unspecified atom stereocenters. The molecule has 1 fully saturated rings. The van der Waals surface area contributed by atoms with E-state index in [0.717, 1.165) is 30.4 Å². The molecular weight excluding hydrogens is 440 g/mol. The molecule has 180 valence electrons. The van der Waals surface area contributed by atoms with Gasteiger partial charge in [-0.3, -0.25) is 14.2 Å². The van der Waals surface area contributed by atoms with Gasteiger partial charge in [0.15, 0.2) is 5.56 Å². The summed E-state index contributed by atoms with van der Waals surface area (Å²) < 4.78 is 1.57. The Labute approximate surface area is 205 Å².